The van der Waals surface area contributed by atoms with E-state index in [0.717, 1.165) is 5.56 Å². The number of hydrogen-bond acceptors (Lipinski definition) is 5. The molecule has 2 aromatic rings. The summed E-state index contributed by atoms with van der Waals surface area (Å²) in [6, 6.07) is 13.7. The van der Waals surface area contributed by atoms with Gasteiger partial charge in [-0.15, -0.1) is 0 Å². The van der Waals surface area contributed by atoms with Crippen LogP contribution in [0.1, 0.15) is 11.1 Å². The van der Waals surface area contributed by atoms with E-state index < -0.39 is 5.97 Å². The molecule has 1 aliphatic heterocycles. The van der Waals surface area contributed by atoms with Crippen LogP contribution >= 0.6 is 0 Å². The molecule has 0 saturated heterocycles. The molecule has 1 aliphatic rings. The summed E-state index contributed by atoms with van der Waals surface area (Å²) in [6.07, 6.45) is 1.85. The summed E-state index contributed by atoms with van der Waals surface area (Å²) in [5, 5.41) is 19.0. The Bertz CT molecular complexity index is 779. The maximum absolute atomic E-state index is 11.8. The predicted octanol–water partition coefficient (Wildman–Crippen LogP) is 2.64. The first-order chi connectivity index (χ1) is 10.6. The van der Waals surface area contributed by atoms with E-state index in [-0.39, 0.29) is 17.2 Å². The van der Waals surface area contributed by atoms with Crippen LogP contribution in [0.4, 0.5) is 0 Å². The molecule has 1 heterocycles. The Balaban J connectivity index is 1.85. The number of benzene rings is 2. The van der Waals surface area contributed by atoms with E-state index in [2.05, 4.69) is 4.99 Å². The van der Waals surface area contributed by atoms with Gasteiger partial charge in [0.05, 0.1) is 0 Å². The fourth-order valence-corrected chi connectivity index (χ4v) is 2.10. The maximum Gasteiger partial charge on any atom is 0.363 e. The van der Waals surface area contributed by atoms with Gasteiger partial charge in [-0.1, -0.05) is 30.3 Å². The molecular formula is C17H13NO4. The summed E-state index contributed by atoms with van der Waals surface area (Å²) in [5.74, 6) is -0.423. The molecule has 0 saturated carbocycles. The van der Waals surface area contributed by atoms with Gasteiger partial charge in [0.15, 0.2) is 5.70 Å². The summed E-state index contributed by atoms with van der Waals surface area (Å²) in [5.41, 5.74) is 1.49. The van der Waals surface area contributed by atoms with Crippen LogP contribution in [0.25, 0.3) is 6.08 Å². The molecular weight excluding hydrogens is 282 g/mol. The molecule has 0 atom stereocenters. The molecule has 0 unspecified atom stereocenters. The topological polar surface area (TPSA) is 79.1 Å². The second kappa shape index (κ2) is 5.73. The monoisotopic (exact) mass is 295 g/mol. The summed E-state index contributed by atoms with van der Waals surface area (Å²) >= 11 is 0. The quantitative estimate of drug-likeness (QED) is 0.674. The predicted molar refractivity (Wildman–Crippen MR) is 81.4 cm³/mol. The molecule has 0 aromatic heterocycles. The molecule has 22 heavy (non-hydrogen) atoms. The standard InChI is InChI=1S/C17H13NO4/c19-13-7-6-12(15(20)10-13)9-14-17(21)22-16(18-14)8-11-4-2-1-3-5-11/h1-7,9-10,19-20H,8H2/b14-9+. The smallest absolute Gasteiger partial charge is 0.363 e. The van der Waals surface area contributed by atoms with Gasteiger partial charge in [-0.25, -0.2) is 9.79 Å². The van der Waals surface area contributed by atoms with Crippen LogP contribution < -0.4 is 0 Å². The number of aliphatic imine (C=N–C) groups is 1. The SMILES string of the molecule is O=C1OC(Cc2ccccc2)=N/C1=C/c1ccc(O)cc1O. The number of carbonyl (C=O) groups excluding carboxylic acids is 1. The lowest BCUT2D eigenvalue weighted by atomic mass is 10.1. The molecule has 0 radical (unpaired) electrons. The highest BCUT2D eigenvalue weighted by molar-refractivity contribution is 6.07. The van der Waals surface area contributed by atoms with Gasteiger partial charge in [0, 0.05) is 18.1 Å². The molecule has 3 rings (SSSR count). The third-order valence-electron chi connectivity index (χ3n) is 3.17. The second-order valence-corrected chi connectivity index (χ2v) is 4.83. The number of carbonyl (C=O) groups is 1. The van der Waals surface area contributed by atoms with Gasteiger partial charge in [0.1, 0.15) is 11.5 Å². The molecule has 0 amide bonds. The van der Waals surface area contributed by atoms with Crippen LogP contribution in [-0.2, 0) is 16.0 Å². The van der Waals surface area contributed by atoms with Crippen LogP contribution in [0.5, 0.6) is 11.5 Å². The molecule has 5 nitrogen and oxygen atoms in total. The minimum atomic E-state index is -0.557. The molecule has 0 spiro atoms. The highest BCUT2D eigenvalue weighted by Gasteiger charge is 2.23. The number of phenolic OH excluding ortho intramolecular Hbond substituents is 2. The van der Waals surface area contributed by atoms with Crippen molar-refractivity contribution in [2.75, 3.05) is 0 Å². The maximum atomic E-state index is 11.8. The summed E-state index contributed by atoms with van der Waals surface area (Å²) < 4.78 is 5.13. The van der Waals surface area contributed by atoms with Crippen molar-refractivity contribution in [1.29, 1.82) is 0 Å². The van der Waals surface area contributed by atoms with Crippen LogP contribution in [-0.4, -0.2) is 22.1 Å². The van der Waals surface area contributed by atoms with Crippen molar-refractivity contribution in [3.05, 3.63) is 65.4 Å². The number of ether oxygens (including phenoxy) is 1. The first-order valence-corrected chi connectivity index (χ1v) is 6.69. The van der Waals surface area contributed by atoms with E-state index in [9.17, 15) is 15.0 Å². The van der Waals surface area contributed by atoms with E-state index in [1.807, 2.05) is 30.3 Å². The minimum absolute atomic E-state index is 0.0538. The highest BCUT2D eigenvalue weighted by Crippen LogP contribution is 2.26. The molecule has 0 fully saturated rings. The molecule has 0 bridgehead atoms. The number of phenols is 2. The Morgan fingerprint density at radius 2 is 1.86 bits per heavy atom. The molecule has 2 aromatic carbocycles. The summed E-state index contributed by atoms with van der Waals surface area (Å²) in [4.78, 5) is 16.0. The molecule has 2 N–H and O–H groups in total. The van der Waals surface area contributed by atoms with E-state index in [4.69, 9.17) is 4.74 Å². The van der Waals surface area contributed by atoms with Crippen molar-refractivity contribution in [2.45, 2.75) is 6.42 Å². The first-order valence-electron chi connectivity index (χ1n) is 6.69. The van der Waals surface area contributed by atoms with Crippen LogP contribution in [0.15, 0.2) is 59.2 Å². The lowest BCUT2D eigenvalue weighted by molar-refractivity contribution is -0.130. The molecule has 110 valence electrons. The van der Waals surface area contributed by atoms with Crippen LogP contribution in [0.2, 0.25) is 0 Å². The highest BCUT2D eigenvalue weighted by atomic mass is 16.6. The Morgan fingerprint density at radius 3 is 2.59 bits per heavy atom. The van der Waals surface area contributed by atoms with E-state index >= 15 is 0 Å². The van der Waals surface area contributed by atoms with E-state index in [1.54, 1.807) is 0 Å². The summed E-state index contributed by atoms with van der Waals surface area (Å²) in [6.45, 7) is 0. The van der Waals surface area contributed by atoms with E-state index in [0.29, 0.717) is 17.9 Å². The van der Waals surface area contributed by atoms with Gasteiger partial charge < -0.3 is 14.9 Å². The zero-order valence-corrected chi connectivity index (χ0v) is 11.6. The molecule has 5 heteroatoms. The van der Waals surface area contributed by atoms with E-state index in [1.165, 1.54) is 24.3 Å². The Kier molecular flexibility index (Phi) is 3.62. The van der Waals surface area contributed by atoms with Gasteiger partial charge in [0.25, 0.3) is 0 Å². The van der Waals surface area contributed by atoms with Crippen molar-refractivity contribution in [3.63, 3.8) is 0 Å². The number of cyclic esters (lactones) is 1. The van der Waals surface area contributed by atoms with Gasteiger partial charge in [-0.05, 0) is 23.8 Å². The largest absolute Gasteiger partial charge is 0.508 e. The molecule has 0 aliphatic carbocycles. The van der Waals surface area contributed by atoms with Gasteiger partial charge in [0.2, 0.25) is 5.90 Å². The Hall–Kier alpha value is -3.08. The zero-order chi connectivity index (χ0) is 15.5. The van der Waals surface area contributed by atoms with Crippen LogP contribution in [0, 0.1) is 0 Å². The third-order valence-corrected chi connectivity index (χ3v) is 3.17. The first kappa shape index (κ1) is 13.9. The summed E-state index contributed by atoms with van der Waals surface area (Å²) in [7, 11) is 0. The number of rotatable bonds is 3. The fraction of sp³-hybridized carbons (Fsp3) is 0.0588. The Morgan fingerprint density at radius 1 is 1.09 bits per heavy atom. The minimum Gasteiger partial charge on any atom is -0.508 e. The van der Waals surface area contributed by atoms with Gasteiger partial charge in [-0.2, -0.15) is 0 Å². The average Bonchev–Trinajstić information content (AvgIpc) is 2.83. The number of nitrogens with zero attached hydrogens (tertiary/aromatic N) is 1. The Labute approximate surface area is 126 Å². The number of hydrogen-bond donors (Lipinski definition) is 2. The third kappa shape index (κ3) is 2.98. The van der Waals surface area contributed by atoms with Crippen molar-refractivity contribution in [3.8, 4) is 11.5 Å². The lowest BCUT2D eigenvalue weighted by Gasteiger charge is -1.99. The van der Waals surface area contributed by atoms with Crippen LogP contribution in [0.3, 0.4) is 0 Å². The fourth-order valence-electron chi connectivity index (χ4n) is 2.10. The normalized spacial score (nSPS) is 15.7. The zero-order valence-electron chi connectivity index (χ0n) is 11.6. The van der Waals surface area contributed by atoms with Gasteiger partial charge >= 0.3 is 5.97 Å². The van der Waals surface area contributed by atoms with Crippen molar-refractivity contribution >= 4 is 17.9 Å². The lowest BCUT2D eigenvalue weighted by Crippen LogP contribution is -2.06. The number of aromatic hydroxyl groups is 2. The van der Waals surface area contributed by atoms with Gasteiger partial charge in [-0.3, -0.25) is 0 Å². The number of esters is 1. The van der Waals surface area contributed by atoms with Crippen molar-refractivity contribution in [1.82, 2.24) is 0 Å². The van der Waals surface area contributed by atoms with Crippen molar-refractivity contribution < 1.29 is 19.7 Å². The second-order valence-electron chi connectivity index (χ2n) is 4.83. The average molecular weight is 295 g/mol. The van der Waals surface area contributed by atoms with Crippen molar-refractivity contribution in [2.24, 2.45) is 4.99 Å².